The lowest BCUT2D eigenvalue weighted by Crippen LogP contribution is -2.07. The van der Waals surface area contributed by atoms with Gasteiger partial charge in [0.25, 0.3) is 0 Å². The minimum Gasteiger partial charge on any atom is -0.490 e. The Balaban J connectivity index is 2.50. The van der Waals surface area contributed by atoms with Crippen molar-refractivity contribution in [1.29, 1.82) is 0 Å². The maximum absolute atomic E-state index is 6.66. The number of unbranched alkanes of at least 4 members (excludes halogenated alkanes) is 46. The molecule has 0 aliphatic rings. The van der Waals surface area contributed by atoms with Crippen LogP contribution in [0.4, 0.5) is 0 Å². The molecule has 0 radical (unpaired) electrons. The van der Waals surface area contributed by atoms with E-state index in [1.807, 2.05) is 0 Å². The molecule has 0 atom stereocenters. The molecule has 0 N–H and O–H groups in total. The molecule has 0 unspecified atom stereocenters. The molecule has 0 aliphatic carbocycles. The fourth-order valence-electron chi connectivity index (χ4n) is 10.0. The van der Waals surface area contributed by atoms with Crippen LogP contribution in [0.3, 0.4) is 0 Å². The maximum atomic E-state index is 6.66. The molecule has 0 saturated heterocycles. The van der Waals surface area contributed by atoms with Crippen LogP contribution in [0.5, 0.6) is 17.2 Å². The molecule has 396 valence electrons. The van der Waals surface area contributed by atoms with Gasteiger partial charge in [0, 0.05) is 0 Å². The van der Waals surface area contributed by atoms with Crippen molar-refractivity contribution in [1.82, 2.24) is 0 Å². The van der Waals surface area contributed by atoms with Gasteiger partial charge < -0.3 is 14.2 Å². The van der Waals surface area contributed by atoms with Gasteiger partial charge in [0.15, 0.2) is 11.5 Å². The van der Waals surface area contributed by atoms with E-state index in [-0.39, 0.29) is 0 Å². The van der Waals surface area contributed by atoms with Crippen molar-refractivity contribution in [3.05, 3.63) is 17.7 Å². The molecule has 0 aliphatic heterocycles. The molecule has 3 nitrogen and oxygen atoms in total. The molecule has 0 aromatic heterocycles. The standard InChI is InChI=1S/C64H122O3/c1-5-9-13-16-19-22-25-28-31-34-37-40-43-46-49-52-56-65-62-59-61(55-12-8-4)60-63(66-57-53-50-47-44-41-38-35-32-29-26-23-20-17-14-10-6-2)64(62)67-58-54-51-48-45-42-39-36-33-30-27-24-21-18-15-11-7-3/h59-60H,5-58H2,1-4H3. The zero-order chi connectivity index (χ0) is 48.0. The van der Waals surface area contributed by atoms with Gasteiger partial charge in [-0.15, -0.1) is 0 Å². The lowest BCUT2D eigenvalue weighted by Gasteiger charge is -2.19. The van der Waals surface area contributed by atoms with E-state index >= 15 is 0 Å². The largest absolute Gasteiger partial charge is 0.490 e. The normalized spacial score (nSPS) is 11.5. The SMILES string of the molecule is CCCCCCCCCCCCCCCCCCOc1cc(CCCC)cc(OCCCCCCCCCCCCCCCCCC)c1OCCCCCCCCCCCCCCCCCC. The molecule has 0 fully saturated rings. The third-order valence-corrected chi connectivity index (χ3v) is 14.7. The summed E-state index contributed by atoms with van der Waals surface area (Å²) < 4.78 is 19.9. The van der Waals surface area contributed by atoms with Crippen molar-refractivity contribution in [2.75, 3.05) is 19.8 Å². The third kappa shape index (κ3) is 44.3. The van der Waals surface area contributed by atoms with Crippen molar-refractivity contribution in [3.63, 3.8) is 0 Å². The quantitative estimate of drug-likeness (QED) is 0.0609. The second kappa shape index (κ2) is 54.0. The Morgan fingerprint density at radius 3 is 0.642 bits per heavy atom. The highest BCUT2D eigenvalue weighted by atomic mass is 16.5. The van der Waals surface area contributed by atoms with Crippen LogP contribution in [0.1, 0.15) is 354 Å². The zero-order valence-corrected chi connectivity index (χ0v) is 46.6. The van der Waals surface area contributed by atoms with E-state index in [9.17, 15) is 0 Å². The fourth-order valence-corrected chi connectivity index (χ4v) is 10.0. The molecule has 0 bridgehead atoms. The molecule has 1 aromatic carbocycles. The highest BCUT2D eigenvalue weighted by molar-refractivity contribution is 5.54. The van der Waals surface area contributed by atoms with Crippen LogP contribution in [-0.2, 0) is 6.42 Å². The van der Waals surface area contributed by atoms with Crippen LogP contribution in [0.15, 0.2) is 12.1 Å². The van der Waals surface area contributed by atoms with Crippen molar-refractivity contribution in [2.45, 2.75) is 355 Å². The van der Waals surface area contributed by atoms with Gasteiger partial charge in [0.1, 0.15) is 0 Å². The third-order valence-electron chi connectivity index (χ3n) is 14.7. The second-order valence-electron chi connectivity index (χ2n) is 21.5. The van der Waals surface area contributed by atoms with E-state index in [1.165, 1.54) is 307 Å². The summed E-state index contributed by atoms with van der Waals surface area (Å²) in [6.45, 7) is 11.5. The van der Waals surface area contributed by atoms with Gasteiger partial charge in [-0.05, 0) is 49.8 Å². The maximum Gasteiger partial charge on any atom is 0.203 e. The van der Waals surface area contributed by atoms with Gasteiger partial charge in [0.2, 0.25) is 5.75 Å². The van der Waals surface area contributed by atoms with Crippen molar-refractivity contribution in [2.24, 2.45) is 0 Å². The van der Waals surface area contributed by atoms with Crippen molar-refractivity contribution in [3.8, 4) is 17.2 Å². The highest BCUT2D eigenvalue weighted by Crippen LogP contribution is 2.40. The van der Waals surface area contributed by atoms with E-state index in [4.69, 9.17) is 14.2 Å². The summed E-state index contributed by atoms with van der Waals surface area (Å²) in [6.07, 6.45) is 70.1. The van der Waals surface area contributed by atoms with Crippen LogP contribution in [0.2, 0.25) is 0 Å². The summed E-state index contributed by atoms with van der Waals surface area (Å²) in [5, 5.41) is 0. The van der Waals surface area contributed by atoms with Gasteiger partial charge in [0.05, 0.1) is 19.8 Å². The van der Waals surface area contributed by atoms with E-state index in [2.05, 4.69) is 39.8 Å². The first-order valence-corrected chi connectivity index (χ1v) is 31.3. The molecule has 0 heterocycles. The Kier molecular flexibility index (Phi) is 51.3. The Bertz CT molecular complexity index is 1020. The first kappa shape index (κ1) is 63.6. The summed E-state index contributed by atoms with van der Waals surface area (Å²) >= 11 is 0. The van der Waals surface area contributed by atoms with Gasteiger partial charge in [-0.25, -0.2) is 0 Å². The predicted octanol–water partition coefficient (Wildman–Crippen LogP) is 23.0. The molecule has 1 rings (SSSR count). The summed E-state index contributed by atoms with van der Waals surface area (Å²) in [7, 11) is 0. The zero-order valence-electron chi connectivity index (χ0n) is 46.6. The number of ether oxygens (including phenoxy) is 3. The molecule has 0 saturated carbocycles. The van der Waals surface area contributed by atoms with Crippen LogP contribution in [-0.4, -0.2) is 19.8 Å². The lowest BCUT2D eigenvalue weighted by molar-refractivity contribution is 0.234. The van der Waals surface area contributed by atoms with Gasteiger partial charge in [-0.1, -0.05) is 323 Å². The topological polar surface area (TPSA) is 27.7 Å². The Labute approximate surface area is 422 Å². The molecule has 0 spiro atoms. The number of aryl methyl sites for hydroxylation is 1. The molecule has 0 amide bonds. The molecule has 1 aromatic rings. The van der Waals surface area contributed by atoms with Crippen LogP contribution in [0, 0.1) is 0 Å². The second-order valence-corrected chi connectivity index (χ2v) is 21.5. The number of hydrogen-bond donors (Lipinski definition) is 0. The molecular formula is C64H122O3. The summed E-state index contributed by atoms with van der Waals surface area (Å²) in [5.41, 5.74) is 1.33. The van der Waals surface area contributed by atoms with E-state index in [0.29, 0.717) is 0 Å². The minimum absolute atomic E-state index is 0.748. The number of rotatable bonds is 57. The highest BCUT2D eigenvalue weighted by Gasteiger charge is 2.16. The number of benzene rings is 1. The lowest BCUT2D eigenvalue weighted by atomic mass is 10.0. The average molecular weight is 940 g/mol. The minimum atomic E-state index is 0.748. The van der Waals surface area contributed by atoms with Crippen LogP contribution >= 0.6 is 0 Å². The summed E-state index contributed by atoms with van der Waals surface area (Å²) in [6, 6.07) is 4.57. The predicted molar refractivity (Wildman–Crippen MR) is 300 cm³/mol. The van der Waals surface area contributed by atoms with Gasteiger partial charge >= 0.3 is 0 Å². The van der Waals surface area contributed by atoms with Crippen molar-refractivity contribution < 1.29 is 14.2 Å². The fraction of sp³-hybridized carbons (Fsp3) is 0.906. The van der Waals surface area contributed by atoms with Gasteiger partial charge in [-0.3, -0.25) is 0 Å². The Hall–Kier alpha value is -1.38. The van der Waals surface area contributed by atoms with E-state index in [0.717, 1.165) is 62.8 Å². The Morgan fingerprint density at radius 1 is 0.224 bits per heavy atom. The molecule has 67 heavy (non-hydrogen) atoms. The van der Waals surface area contributed by atoms with E-state index < -0.39 is 0 Å². The first-order chi connectivity index (χ1) is 33.3. The summed E-state index contributed by atoms with van der Waals surface area (Å²) in [4.78, 5) is 0. The number of hydrogen-bond acceptors (Lipinski definition) is 3. The monoisotopic (exact) mass is 939 g/mol. The first-order valence-electron chi connectivity index (χ1n) is 31.3. The average Bonchev–Trinajstić information content (AvgIpc) is 3.34. The molecule has 3 heteroatoms. The van der Waals surface area contributed by atoms with Crippen LogP contribution < -0.4 is 14.2 Å². The Morgan fingerprint density at radius 2 is 0.418 bits per heavy atom. The molecular weight excluding hydrogens is 817 g/mol. The van der Waals surface area contributed by atoms with E-state index in [1.54, 1.807) is 0 Å². The van der Waals surface area contributed by atoms with Crippen LogP contribution in [0.25, 0.3) is 0 Å². The van der Waals surface area contributed by atoms with Gasteiger partial charge in [-0.2, -0.15) is 0 Å². The summed E-state index contributed by atoms with van der Waals surface area (Å²) in [5.74, 6) is 2.72. The smallest absolute Gasteiger partial charge is 0.203 e. The van der Waals surface area contributed by atoms with Crippen molar-refractivity contribution >= 4 is 0 Å².